The molecule has 14 heteroatoms. The highest BCUT2D eigenvalue weighted by Crippen LogP contribution is 2.55. The summed E-state index contributed by atoms with van der Waals surface area (Å²) in [6.45, 7) is 14.5. The van der Waals surface area contributed by atoms with Gasteiger partial charge in [-0.3, -0.25) is 29.4 Å². The summed E-state index contributed by atoms with van der Waals surface area (Å²) >= 11 is 6.24. The number of imide groups is 1. The lowest BCUT2D eigenvalue weighted by Crippen LogP contribution is -2.74. The third kappa shape index (κ3) is 8.95. The van der Waals surface area contributed by atoms with E-state index in [1.54, 1.807) is 29.3 Å². The fourth-order valence-electron chi connectivity index (χ4n) is 9.59. The first-order valence-corrected chi connectivity index (χ1v) is 21.1. The van der Waals surface area contributed by atoms with Gasteiger partial charge in [-0.15, -0.1) is 0 Å². The predicted octanol–water partition coefficient (Wildman–Crippen LogP) is 5.53. The normalized spacial score (nSPS) is 22.3. The number of nitrogens with one attached hydrogen (secondary N) is 2. The van der Waals surface area contributed by atoms with Crippen LogP contribution < -0.4 is 20.3 Å². The maximum Gasteiger partial charge on any atom is 0.255 e. The molecule has 2 aromatic carbocycles. The van der Waals surface area contributed by atoms with E-state index in [0.29, 0.717) is 53.6 Å². The van der Waals surface area contributed by atoms with E-state index in [4.69, 9.17) is 21.1 Å². The molecule has 3 aliphatic heterocycles. The number of piperidine rings is 1. The minimum Gasteiger partial charge on any atom is -0.489 e. The van der Waals surface area contributed by atoms with Crippen LogP contribution in [0.5, 0.6) is 5.75 Å². The Bertz CT molecular complexity index is 2090. The number of rotatable bonds is 15. The van der Waals surface area contributed by atoms with Crippen molar-refractivity contribution in [3.8, 4) is 11.8 Å². The van der Waals surface area contributed by atoms with Crippen LogP contribution in [-0.2, 0) is 27.3 Å². The van der Waals surface area contributed by atoms with Gasteiger partial charge in [-0.1, -0.05) is 57.8 Å². The standard InChI is InChI=1S/C45H54ClN7O6/c1-44(2)42(45(3,4)43(44)59-32-14-12-30(26-47)35(46)25-32)50-39(55)31-13-16-37(48-27-31)52-20-18-51(19-21-52)22-24-58-23-7-5-6-9-29-10-8-11-33-34(29)28-53(41(33)57)36-15-17-38(54)49-40(36)56/h8,10-14,16,25,27,36,42-43H,5-7,9,15,17-24,28H2,1-4H3,(H,50,55)(H,49,54,56)/t36-,42-,43-/m0/s1. The third-order valence-corrected chi connectivity index (χ3v) is 12.9. The van der Waals surface area contributed by atoms with Crippen molar-refractivity contribution in [3.05, 3.63) is 87.6 Å². The quantitative estimate of drug-likeness (QED) is 0.148. The molecule has 4 amide bonds. The fourth-order valence-corrected chi connectivity index (χ4v) is 9.81. The molecule has 59 heavy (non-hydrogen) atoms. The Morgan fingerprint density at radius 3 is 2.47 bits per heavy atom. The maximum absolute atomic E-state index is 13.4. The molecular formula is C45H54ClN7O6. The molecule has 3 fully saturated rings. The third-order valence-electron chi connectivity index (χ3n) is 12.6. The zero-order valence-electron chi connectivity index (χ0n) is 34.4. The van der Waals surface area contributed by atoms with Gasteiger partial charge in [-0.05, 0) is 67.1 Å². The van der Waals surface area contributed by atoms with Crippen molar-refractivity contribution in [1.29, 1.82) is 5.26 Å². The van der Waals surface area contributed by atoms with Gasteiger partial charge < -0.3 is 24.6 Å². The van der Waals surface area contributed by atoms with Crippen LogP contribution in [0.25, 0.3) is 0 Å². The Morgan fingerprint density at radius 1 is 1.00 bits per heavy atom. The van der Waals surface area contributed by atoms with Gasteiger partial charge in [0.1, 0.15) is 29.8 Å². The number of pyridine rings is 1. The highest BCUT2D eigenvalue weighted by molar-refractivity contribution is 6.31. The topological polar surface area (TPSA) is 157 Å². The number of carbonyl (C=O) groups is 4. The number of ether oxygens (including phenoxy) is 2. The van der Waals surface area contributed by atoms with Gasteiger partial charge in [0.2, 0.25) is 11.8 Å². The summed E-state index contributed by atoms with van der Waals surface area (Å²) in [5.41, 5.74) is 3.00. The number of hydrogen-bond donors (Lipinski definition) is 2. The lowest BCUT2D eigenvalue weighted by atomic mass is 9.49. The number of aryl methyl sites for hydroxylation is 1. The van der Waals surface area contributed by atoms with Crippen molar-refractivity contribution in [2.45, 2.75) is 91.0 Å². The lowest BCUT2D eigenvalue weighted by molar-refractivity contribution is -0.164. The lowest BCUT2D eigenvalue weighted by Gasteiger charge is -2.63. The van der Waals surface area contributed by atoms with Crippen molar-refractivity contribution >= 4 is 41.0 Å². The molecule has 0 radical (unpaired) electrons. The average Bonchev–Trinajstić information content (AvgIpc) is 3.56. The molecule has 2 saturated heterocycles. The highest BCUT2D eigenvalue weighted by Gasteiger charge is 2.64. The Kier molecular flexibility index (Phi) is 12.6. The number of unbranched alkanes of at least 4 members (excludes halogenated alkanes) is 2. The molecule has 4 aliphatic rings. The summed E-state index contributed by atoms with van der Waals surface area (Å²) in [7, 11) is 0. The molecule has 1 saturated carbocycles. The summed E-state index contributed by atoms with van der Waals surface area (Å²) in [6.07, 6.45) is 5.91. The molecule has 1 aliphatic carbocycles. The molecule has 13 nitrogen and oxygen atoms in total. The van der Waals surface area contributed by atoms with Gasteiger partial charge in [0.25, 0.3) is 11.8 Å². The summed E-state index contributed by atoms with van der Waals surface area (Å²) in [5, 5.41) is 15.2. The zero-order chi connectivity index (χ0) is 41.9. The van der Waals surface area contributed by atoms with Crippen LogP contribution in [0.2, 0.25) is 5.02 Å². The first-order chi connectivity index (χ1) is 28.3. The van der Waals surface area contributed by atoms with Crippen molar-refractivity contribution in [3.63, 3.8) is 0 Å². The smallest absolute Gasteiger partial charge is 0.255 e. The first kappa shape index (κ1) is 42.1. The van der Waals surface area contributed by atoms with E-state index in [-0.39, 0.29) is 53.0 Å². The number of hydrogen-bond acceptors (Lipinski definition) is 10. The molecule has 3 aromatic rings. The van der Waals surface area contributed by atoms with Gasteiger partial charge in [0, 0.05) is 87.0 Å². The van der Waals surface area contributed by atoms with Crippen LogP contribution in [-0.4, -0.2) is 103 Å². The second kappa shape index (κ2) is 17.7. The van der Waals surface area contributed by atoms with E-state index in [1.807, 2.05) is 24.3 Å². The summed E-state index contributed by atoms with van der Waals surface area (Å²) in [4.78, 5) is 61.5. The average molecular weight is 824 g/mol. The zero-order valence-corrected chi connectivity index (χ0v) is 35.1. The second-order valence-electron chi connectivity index (χ2n) is 17.3. The van der Waals surface area contributed by atoms with Gasteiger partial charge in [-0.2, -0.15) is 5.26 Å². The van der Waals surface area contributed by atoms with Gasteiger partial charge >= 0.3 is 0 Å². The number of fused-ring (bicyclic) bond motifs is 1. The minimum absolute atomic E-state index is 0.132. The maximum atomic E-state index is 13.4. The van der Waals surface area contributed by atoms with Crippen molar-refractivity contribution in [2.24, 2.45) is 10.8 Å². The predicted molar refractivity (Wildman–Crippen MR) is 223 cm³/mol. The van der Waals surface area contributed by atoms with E-state index in [2.05, 4.69) is 65.2 Å². The molecule has 0 unspecified atom stereocenters. The second-order valence-corrected chi connectivity index (χ2v) is 17.7. The minimum atomic E-state index is -0.599. The Hall–Kier alpha value is -5.03. The molecular weight excluding hydrogens is 770 g/mol. The number of benzene rings is 2. The van der Waals surface area contributed by atoms with Crippen LogP contribution in [0.4, 0.5) is 5.82 Å². The largest absolute Gasteiger partial charge is 0.489 e. The molecule has 0 bridgehead atoms. The summed E-state index contributed by atoms with van der Waals surface area (Å²) in [5.74, 6) is 0.482. The molecule has 0 spiro atoms. The van der Waals surface area contributed by atoms with Crippen molar-refractivity contribution in [2.75, 3.05) is 50.8 Å². The SMILES string of the molecule is CC1(C)[C@H](NC(=O)c2ccc(N3CCN(CCOCCCCCc4cccc5c4CN([C@H]4CCC(=O)NC4=O)C5=O)CC3)nc2)C(C)(C)[C@H]1Oc1ccc(C#N)c(Cl)c1. The number of halogens is 1. The number of nitriles is 1. The van der Waals surface area contributed by atoms with Crippen LogP contribution in [0.1, 0.15) is 97.2 Å². The highest BCUT2D eigenvalue weighted by atomic mass is 35.5. The summed E-state index contributed by atoms with van der Waals surface area (Å²) < 4.78 is 12.4. The Balaban J connectivity index is 0.778. The first-order valence-electron chi connectivity index (χ1n) is 20.7. The fraction of sp³-hybridized carbons (Fsp3) is 0.511. The Morgan fingerprint density at radius 2 is 1.78 bits per heavy atom. The van der Waals surface area contributed by atoms with Crippen LogP contribution in [0.15, 0.2) is 54.7 Å². The van der Waals surface area contributed by atoms with Gasteiger partial charge in [0.15, 0.2) is 0 Å². The number of carbonyl (C=O) groups excluding carboxylic acids is 4. The molecule has 7 rings (SSSR count). The molecule has 1 atom stereocenters. The monoisotopic (exact) mass is 823 g/mol. The van der Waals surface area contributed by atoms with Gasteiger partial charge in [-0.25, -0.2) is 4.98 Å². The number of nitrogens with zero attached hydrogens (tertiary/aromatic N) is 5. The van der Waals surface area contributed by atoms with Crippen molar-refractivity contribution < 1.29 is 28.7 Å². The van der Waals surface area contributed by atoms with Crippen LogP contribution >= 0.6 is 11.6 Å². The summed E-state index contributed by atoms with van der Waals surface area (Å²) in [6, 6.07) is 16.0. The molecule has 2 N–H and O–H groups in total. The van der Waals surface area contributed by atoms with E-state index in [0.717, 1.165) is 75.4 Å². The van der Waals surface area contributed by atoms with Gasteiger partial charge in [0.05, 0.1) is 22.8 Å². The molecule has 4 heterocycles. The number of aromatic nitrogens is 1. The number of piperazine rings is 1. The molecule has 312 valence electrons. The van der Waals surface area contributed by atoms with E-state index >= 15 is 0 Å². The Labute approximate surface area is 351 Å². The van der Waals surface area contributed by atoms with Crippen LogP contribution in [0.3, 0.4) is 0 Å². The number of amides is 4. The van der Waals surface area contributed by atoms with E-state index < -0.39 is 6.04 Å². The number of anilines is 1. The molecule has 1 aromatic heterocycles. The van der Waals surface area contributed by atoms with Crippen LogP contribution in [0, 0.1) is 22.2 Å². The van der Waals surface area contributed by atoms with Crippen molar-refractivity contribution in [1.82, 2.24) is 25.4 Å². The van der Waals surface area contributed by atoms with E-state index in [1.165, 1.54) is 0 Å². The van der Waals surface area contributed by atoms with E-state index in [9.17, 15) is 24.4 Å².